The molecule has 0 aliphatic heterocycles. The zero-order valence-electron chi connectivity index (χ0n) is 22.7. The van der Waals surface area contributed by atoms with Gasteiger partial charge in [0.05, 0.1) is 5.02 Å². The zero-order chi connectivity index (χ0) is 26.9. The number of amides is 1. The molecule has 2 rings (SSSR count). The molecule has 0 bridgehead atoms. The van der Waals surface area contributed by atoms with Crippen molar-refractivity contribution in [1.82, 2.24) is 5.32 Å². The monoisotopic (exact) mass is 537 g/mol. The first-order valence-corrected chi connectivity index (χ1v) is 13.5. The Morgan fingerprint density at radius 2 is 1.58 bits per heavy atom. The van der Waals surface area contributed by atoms with E-state index in [-0.39, 0.29) is 17.1 Å². The number of nitrogens with one attached hydrogen (secondary N) is 1. The molecule has 0 saturated carbocycles. The first-order valence-electron chi connectivity index (χ1n) is 12.8. The fourth-order valence-electron chi connectivity index (χ4n) is 3.27. The summed E-state index contributed by atoms with van der Waals surface area (Å²) < 4.78 is 18.3. The zero-order valence-corrected chi connectivity index (χ0v) is 24.2. The van der Waals surface area contributed by atoms with Gasteiger partial charge in [0.2, 0.25) is 0 Å². The third-order valence-corrected chi connectivity index (χ3v) is 6.79. The molecule has 2 aromatic carbocycles. The fraction of sp³-hybridized carbons (Fsp3) is 0.552. The van der Waals surface area contributed by atoms with Crippen LogP contribution in [0.2, 0.25) is 10.0 Å². The highest BCUT2D eigenvalue weighted by atomic mass is 35.5. The largest absolute Gasteiger partial charge is 0.488 e. The molecule has 1 unspecified atom stereocenters. The lowest BCUT2D eigenvalue weighted by atomic mass is 10.0. The van der Waals surface area contributed by atoms with Gasteiger partial charge in [-0.15, -0.1) is 0 Å². The van der Waals surface area contributed by atoms with E-state index in [9.17, 15) is 4.79 Å². The summed E-state index contributed by atoms with van der Waals surface area (Å²) in [7, 11) is 0. The topological polar surface area (TPSA) is 56.8 Å². The second-order valence-corrected chi connectivity index (χ2v) is 11.1. The SMILES string of the molecule is CCC(C)(C)Oc1ccc(CCCCNC(=O)C(C)Oc2ccc(Cl)cc2Cl)c(OC(C)(C)CC)c1. The van der Waals surface area contributed by atoms with Crippen LogP contribution < -0.4 is 19.5 Å². The van der Waals surface area contributed by atoms with Crippen molar-refractivity contribution in [3.05, 3.63) is 52.0 Å². The van der Waals surface area contributed by atoms with Gasteiger partial charge in [0.15, 0.2) is 6.10 Å². The molecule has 2 aromatic rings. The van der Waals surface area contributed by atoms with E-state index < -0.39 is 6.10 Å². The van der Waals surface area contributed by atoms with Gasteiger partial charge in [0, 0.05) is 17.6 Å². The number of carbonyl (C=O) groups excluding carboxylic acids is 1. The van der Waals surface area contributed by atoms with Crippen LogP contribution in [0.5, 0.6) is 17.2 Å². The van der Waals surface area contributed by atoms with Gasteiger partial charge in [-0.3, -0.25) is 4.79 Å². The van der Waals surface area contributed by atoms with Gasteiger partial charge in [-0.1, -0.05) is 43.1 Å². The minimum Gasteiger partial charge on any atom is -0.488 e. The van der Waals surface area contributed by atoms with Gasteiger partial charge in [-0.05, 0) is 96.6 Å². The Bertz CT molecular complexity index is 1010. The molecule has 200 valence electrons. The Hall–Kier alpha value is -2.11. The molecule has 0 saturated heterocycles. The molecule has 1 amide bonds. The van der Waals surface area contributed by atoms with Crippen molar-refractivity contribution in [3.63, 3.8) is 0 Å². The molecule has 0 spiro atoms. The lowest BCUT2D eigenvalue weighted by Crippen LogP contribution is -2.36. The highest BCUT2D eigenvalue weighted by Gasteiger charge is 2.22. The third kappa shape index (κ3) is 9.74. The maximum atomic E-state index is 12.4. The summed E-state index contributed by atoms with van der Waals surface area (Å²) in [5.41, 5.74) is 0.625. The van der Waals surface area contributed by atoms with Crippen molar-refractivity contribution in [2.75, 3.05) is 6.54 Å². The van der Waals surface area contributed by atoms with Crippen LogP contribution in [0, 0.1) is 0 Å². The molecule has 0 aromatic heterocycles. The molecule has 0 aliphatic carbocycles. The number of aryl methyl sites for hydroxylation is 1. The summed E-state index contributed by atoms with van der Waals surface area (Å²) in [6.45, 7) is 14.8. The Labute approximate surface area is 226 Å². The van der Waals surface area contributed by atoms with Crippen LogP contribution in [0.4, 0.5) is 0 Å². The van der Waals surface area contributed by atoms with E-state index in [0.29, 0.717) is 22.3 Å². The first-order chi connectivity index (χ1) is 16.9. The number of unbranched alkanes of at least 4 members (excludes halogenated alkanes) is 1. The molecular formula is C29H41Cl2NO4. The van der Waals surface area contributed by atoms with Crippen LogP contribution in [0.3, 0.4) is 0 Å². The Balaban J connectivity index is 1.91. The number of halogens is 2. The molecule has 5 nitrogen and oxygen atoms in total. The number of ether oxygens (including phenoxy) is 3. The van der Waals surface area contributed by atoms with Gasteiger partial charge in [0.25, 0.3) is 5.91 Å². The standard InChI is InChI=1S/C29H41Cl2NO4/c1-8-28(4,5)35-23-15-13-21(26(19-23)36-29(6,7)9-2)12-10-11-17-32-27(33)20(3)34-25-16-14-22(30)18-24(25)31/h13-16,18-20H,8-12,17H2,1-7H3,(H,32,33). The van der Waals surface area contributed by atoms with Crippen molar-refractivity contribution in [1.29, 1.82) is 0 Å². The van der Waals surface area contributed by atoms with Crippen LogP contribution in [-0.4, -0.2) is 29.8 Å². The predicted molar refractivity (Wildman–Crippen MR) is 149 cm³/mol. The molecule has 0 fully saturated rings. The van der Waals surface area contributed by atoms with E-state index in [2.05, 4.69) is 52.9 Å². The highest BCUT2D eigenvalue weighted by Crippen LogP contribution is 2.32. The first kappa shape index (κ1) is 30.1. The van der Waals surface area contributed by atoms with Crippen molar-refractivity contribution in [2.45, 2.75) is 97.9 Å². The summed E-state index contributed by atoms with van der Waals surface area (Å²) in [5.74, 6) is 1.92. The van der Waals surface area contributed by atoms with E-state index in [1.165, 1.54) is 0 Å². The minimum atomic E-state index is -0.667. The molecule has 0 heterocycles. The van der Waals surface area contributed by atoms with Gasteiger partial charge in [-0.25, -0.2) is 0 Å². The number of hydrogen-bond acceptors (Lipinski definition) is 4. The fourth-order valence-corrected chi connectivity index (χ4v) is 3.72. The van der Waals surface area contributed by atoms with Gasteiger partial charge in [-0.2, -0.15) is 0 Å². The summed E-state index contributed by atoms with van der Waals surface area (Å²) in [5, 5.41) is 3.83. The highest BCUT2D eigenvalue weighted by molar-refractivity contribution is 6.35. The lowest BCUT2D eigenvalue weighted by Gasteiger charge is -2.29. The molecule has 1 N–H and O–H groups in total. The van der Waals surface area contributed by atoms with Crippen LogP contribution >= 0.6 is 23.2 Å². The van der Waals surface area contributed by atoms with E-state index in [4.69, 9.17) is 37.4 Å². The van der Waals surface area contributed by atoms with Crippen LogP contribution in [0.25, 0.3) is 0 Å². The van der Waals surface area contributed by atoms with E-state index >= 15 is 0 Å². The summed E-state index contributed by atoms with van der Waals surface area (Å²) in [6, 6.07) is 11.0. The normalized spacial score (nSPS) is 12.7. The molecule has 0 aliphatic rings. The summed E-state index contributed by atoms with van der Waals surface area (Å²) in [4.78, 5) is 12.4. The summed E-state index contributed by atoms with van der Waals surface area (Å²) >= 11 is 12.0. The van der Waals surface area contributed by atoms with Crippen LogP contribution in [0.15, 0.2) is 36.4 Å². The van der Waals surface area contributed by atoms with Crippen molar-refractivity contribution in [2.24, 2.45) is 0 Å². The molecule has 1 atom stereocenters. The maximum absolute atomic E-state index is 12.4. The average Bonchev–Trinajstić information content (AvgIpc) is 2.81. The molecule has 7 heteroatoms. The molecule has 36 heavy (non-hydrogen) atoms. The van der Waals surface area contributed by atoms with E-state index in [1.807, 2.05) is 12.1 Å². The minimum absolute atomic E-state index is 0.185. The number of hydrogen-bond donors (Lipinski definition) is 1. The third-order valence-electron chi connectivity index (χ3n) is 6.26. The van der Waals surface area contributed by atoms with Gasteiger partial charge < -0.3 is 19.5 Å². The van der Waals surface area contributed by atoms with E-state index in [0.717, 1.165) is 49.2 Å². The van der Waals surface area contributed by atoms with Crippen LogP contribution in [-0.2, 0) is 11.2 Å². The van der Waals surface area contributed by atoms with E-state index in [1.54, 1.807) is 25.1 Å². The smallest absolute Gasteiger partial charge is 0.260 e. The number of benzene rings is 2. The number of rotatable bonds is 14. The van der Waals surface area contributed by atoms with Crippen molar-refractivity contribution in [3.8, 4) is 17.2 Å². The predicted octanol–water partition coefficient (Wildman–Crippen LogP) is 8.03. The maximum Gasteiger partial charge on any atom is 0.260 e. The molecule has 0 radical (unpaired) electrons. The second kappa shape index (κ2) is 13.4. The van der Waals surface area contributed by atoms with Crippen LogP contribution in [0.1, 0.15) is 79.7 Å². The Morgan fingerprint density at radius 1 is 0.917 bits per heavy atom. The lowest BCUT2D eigenvalue weighted by molar-refractivity contribution is -0.127. The average molecular weight is 539 g/mol. The van der Waals surface area contributed by atoms with Gasteiger partial charge in [0.1, 0.15) is 28.5 Å². The quantitative estimate of drug-likeness (QED) is 0.247. The van der Waals surface area contributed by atoms with Crippen molar-refractivity contribution >= 4 is 29.1 Å². The Morgan fingerprint density at radius 3 is 2.22 bits per heavy atom. The number of carbonyl (C=O) groups is 1. The van der Waals surface area contributed by atoms with Crippen molar-refractivity contribution < 1.29 is 19.0 Å². The molecular weight excluding hydrogens is 497 g/mol. The summed E-state index contributed by atoms with van der Waals surface area (Å²) in [6.07, 6.45) is 3.72. The van der Waals surface area contributed by atoms with Gasteiger partial charge >= 0.3 is 0 Å². The Kier molecular flexibility index (Phi) is 11.2. The second-order valence-electron chi connectivity index (χ2n) is 10.3.